The van der Waals surface area contributed by atoms with Gasteiger partial charge in [-0.3, -0.25) is 9.78 Å². The summed E-state index contributed by atoms with van der Waals surface area (Å²) in [7, 11) is 3.76. The molecule has 0 bridgehead atoms. The van der Waals surface area contributed by atoms with Crippen LogP contribution in [0.25, 0.3) is 5.57 Å². The molecule has 0 fully saturated rings. The molecule has 170 valence electrons. The number of aromatic nitrogens is 1. The highest BCUT2D eigenvalue weighted by molar-refractivity contribution is 5.96. The number of aryl methyl sites for hydroxylation is 2. The zero-order valence-corrected chi connectivity index (χ0v) is 20.2. The molecule has 1 aliphatic heterocycles. The molecular weight excluding hydrogens is 398 g/mol. The molecule has 0 saturated heterocycles. The Balaban J connectivity index is 1.63. The molecule has 5 nitrogen and oxygen atoms in total. The normalized spacial score (nSPS) is 14.8. The number of carbonyl (C=O) groups is 1. The van der Waals surface area contributed by atoms with E-state index in [1.54, 1.807) is 7.11 Å². The van der Waals surface area contributed by atoms with E-state index in [4.69, 9.17) is 4.74 Å². The number of nitrogens with zero attached hydrogens (tertiary/aromatic N) is 2. The van der Waals surface area contributed by atoms with Crippen LogP contribution in [0.1, 0.15) is 73.3 Å². The van der Waals surface area contributed by atoms with Gasteiger partial charge in [-0.05, 0) is 75.9 Å². The predicted octanol–water partition coefficient (Wildman–Crippen LogP) is 6.63. The molecule has 1 aromatic heterocycles. The number of hydrogen-bond donors (Lipinski definition) is 1. The van der Waals surface area contributed by atoms with Gasteiger partial charge in [-0.1, -0.05) is 13.0 Å². The zero-order chi connectivity index (χ0) is 23.3. The predicted molar refractivity (Wildman–Crippen MR) is 133 cm³/mol. The molecule has 0 aliphatic carbocycles. The molecule has 1 N–H and O–H groups in total. The molecule has 2 heterocycles. The maximum Gasteiger partial charge on any atom is 0.163 e. The number of ketones is 1. The van der Waals surface area contributed by atoms with E-state index >= 15 is 0 Å². The van der Waals surface area contributed by atoms with Crippen LogP contribution in [0, 0.1) is 13.8 Å². The van der Waals surface area contributed by atoms with Gasteiger partial charge in [0.05, 0.1) is 24.2 Å². The van der Waals surface area contributed by atoms with Crippen molar-refractivity contribution in [1.29, 1.82) is 0 Å². The van der Waals surface area contributed by atoms with Crippen LogP contribution < -0.4 is 10.2 Å². The largest absolute Gasteiger partial charge is 0.501 e. The smallest absolute Gasteiger partial charge is 0.163 e. The molecule has 0 spiro atoms. The Morgan fingerprint density at radius 1 is 1.19 bits per heavy atom. The molecule has 1 aliphatic rings. The Hall–Kier alpha value is -3.08. The number of allylic oxidation sites excluding steroid dienone is 3. The lowest BCUT2D eigenvalue weighted by atomic mass is 10.0. The van der Waals surface area contributed by atoms with E-state index in [-0.39, 0.29) is 5.78 Å². The number of pyridine rings is 1. The van der Waals surface area contributed by atoms with Crippen LogP contribution in [-0.4, -0.2) is 24.9 Å². The Morgan fingerprint density at radius 3 is 2.69 bits per heavy atom. The van der Waals surface area contributed by atoms with Gasteiger partial charge in [-0.25, -0.2) is 0 Å². The van der Waals surface area contributed by atoms with Gasteiger partial charge in [-0.15, -0.1) is 0 Å². The van der Waals surface area contributed by atoms with E-state index < -0.39 is 0 Å². The average molecular weight is 434 g/mol. The summed E-state index contributed by atoms with van der Waals surface area (Å²) < 4.78 is 5.55. The summed E-state index contributed by atoms with van der Waals surface area (Å²) in [5.74, 6) is 2.16. The number of ether oxygens (including phenoxy) is 1. The lowest BCUT2D eigenvalue weighted by molar-refractivity contribution is 0.0980. The first-order valence-electron chi connectivity index (χ1n) is 11.4. The first-order valence-corrected chi connectivity index (χ1v) is 11.4. The maximum atomic E-state index is 12.9. The first kappa shape index (κ1) is 23.6. The molecule has 32 heavy (non-hydrogen) atoms. The Labute approximate surface area is 192 Å². The van der Waals surface area contributed by atoms with E-state index in [9.17, 15) is 4.79 Å². The van der Waals surface area contributed by atoms with Crippen LogP contribution >= 0.6 is 0 Å². The van der Waals surface area contributed by atoms with Crippen LogP contribution in [0.2, 0.25) is 0 Å². The molecule has 5 heteroatoms. The minimum absolute atomic E-state index is 0.157. The van der Waals surface area contributed by atoms with Crippen molar-refractivity contribution in [3.05, 3.63) is 70.5 Å². The standard InChI is InChI=1S/C27H35N3O2/c1-7-10-26(32-6)20(4)23-17-21(16-19(3)28-23)25(31)11-8-9-12-27-29-22-14-13-18(2)15-24(22)30(27)5/h12-17,29H,7-11H2,1-6H3/b26-20-,27-12-. The van der Waals surface area contributed by atoms with E-state index in [1.165, 1.54) is 11.3 Å². The minimum Gasteiger partial charge on any atom is -0.501 e. The summed E-state index contributed by atoms with van der Waals surface area (Å²) in [6.07, 6.45) is 6.19. The van der Waals surface area contributed by atoms with Gasteiger partial charge in [0.25, 0.3) is 0 Å². The lowest BCUT2D eigenvalue weighted by Gasteiger charge is -2.13. The fraction of sp³-hybridized carbons (Fsp3) is 0.407. The van der Waals surface area contributed by atoms with Crippen LogP contribution in [-0.2, 0) is 4.74 Å². The maximum absolute atomic E-state index is 12.9. The molecule has 0 radical (unpaired) electrons. The van der Waals surface area contributed by atoms with Gasteiger partial charge in [0.2, 0.25) is 0 Å². The molecule has 0 atom stereocenters. The number of carbonyl (C=O) groups excluding carboxylic acids is 1. The fourth-order valence-corrected chi connectivity index (χ4v) is 4.04. The third-order valence-corrected chi connectivity index (χ3v) is 5.89. The highest BCUT2D eigenvalue weighted by Gasteiger charge is 2.19. The van der Waals surface area contributed by atoms with Crippen molar-refractivity contribution in [2.24, 2.45) is 0 Å². The number of hydrogen-bond acceptors (Lipinski definition) is 5. The van der Waals surface area contributed by atoms with Gasteiger partial charge >= 0.3 is 0 Å². The van der Waals surface area contributed by atoms with Gasteiger partial charge in [-0.2, -0.15) is 0 Å². The van der Waals surface area contributed by atoms with Gasteiger partial charge in [0, 0.05) is 36.7 Å². The highest BCUT2D eigenvalue weighted by atomic mass is 16.5. The highest BCUT2D eigenvalue weighted by Crippen LogP contribution is 2.35. The Kier molecular flexibility index (Phi) is 7.73. The zero-order valence-electron chi connectivity index (χ0n) is 20.2. The molecule has 1 aromatic carbocycles. The van der Waals surface area contributed by atoms with Crippen molar-refractivity contribution < 1.29 is 9.53 Å². The summed E-state index contributed by atoms with van der Waals surface area (Å²) in [6.45, 7) is 8.18. The first-order chi connectivity index (χ1) is 15.3. The third-order valence-electron chi connectivity index (χ3n) is 5.89. The number of rotatable bonds is 9. The van der Waals surface area contributed by atoms with E-state index in [2.05, 4.69) is 60.4 Å². The van der Waals surface area contributed by atoms with E-state index in [0.717, 1.165) is 65.5 Å². The van der Waals surface area contributed by atoms with Crippen LogP contribution in [0.5, 0.6) is 0 Å². The Bertz CT molecular complexity index is 1050. The van der Waals surface area contributed by atoms with Crippen molar-refractivity contribution in [3.63, 3.8) is 0 Å². The van der Waals surface area contributed by atoms with Crippen molar-refractivity contribution >= 4 is 22.7 Å². The monoisotopic (exact) mass is 433 g/mol. The van der Waals surface area contributed by atoms with Gasteiger partial charge < -0.3 is 15.0 Å². The summed E-state index contributed by atoms with van der Waals surface area (Å²) in [4.78, 5) is 19.7. The second kappa shape index (κ2) is 10.5. The summed E-state index contributed by atoms with van der Waals surface area (Å²) in [5.41, 5.74) is 6.96. The molecule has 2 aromatic rings. The molecule has 0 unspecified atom stereocenters. The SMILES string of the molecule is CCC/C(OC)=C(\C)c1cc(C(=O)CCC/C=C2/Nc3ccc(C)cc3N2C)cc(C)n1. The molecular formula is C27H35N3O2. The van der Waals surface area contributed by atoms with Crippen molar-refractivity contribution in [3.8, 4) is 0 Å². The van der Waals surface area contributed by atoms with Gasteiger partial charge in [0.15, 0.2) is 5.78 Å². The second-order valence-corrected chi connectivity index (χ2v) is 8.49. The quantitative estimate of drug-likeness (QED) is 0.273. The third kappa shape index (κ3) is 5.39. The Morgan fingerprint density at radius 2 is 1.97 bits per heavy atom. The number of unbranched alkanes of at least 4 members (excludes halogenated alkanes) is 1. The van der Waals surface area contributed by atoms with Crippen LogP contribution in [0.4, 0.5) is 11.4 Å². The molecule has 0 saturated carbocycles. The average Bonchev–Trinajstić information content (AvgIpc) is 3.08. The number of Topliss-reactive ketones (excluding diaryl/α,β-unsaturated/α-hetero) is 1. The number of nitrogens with one attached hydrogen (secondary N) is 1. The van der Waals surface area contributed by atoms with Crippen molar-refractivity contribution in [1.82, 2.24) is 4.98 Å². The number of fused-ring (bicyclic) bond motifs is 1. The lowest BCUT2D eigenvalue weighted by Crippen LogP contribution is -2.14. The van der Waals surface area contributed by atoms with Crippen LogP contribution in [0.15, 0.2) is 48.0 Å². The minimum atomic E-state index is 0.157. The fourth-order valence-electron chi connectivity index (χ4n) is 4.04. The summed E-state index contributed by atoms with van der Waals surface area (Å²) in [6, 6.07) is 10.2. The van der Waals surface area contributed by atoms with Crippen LogP contribution in [0.3, 0.4) is 0 Å². The summed E-state index contributed by atoms with van der Waals surface area (Å²) in [5, 5.41) is 3.46. The number of benzene rings is 1. The number of methoxy groups -OCH3 is 1. The van der Waals surface area contributed by atoms with Crippen molar-refractivity contribution in [2.45, 2.75) is 59.8 Å². The number of anilines is 2. The van der Waals surface area contributed by atoms with Crippen molar-refractivity contribution in [2.75, 3.05) is 24.4 Å². The van der Waals surface area contributed by atoms with E-state index in [1.807, 2.05) is 26.0 Å². The van der Waals surface area contributed by atoms with Gasteiger partial charge in [0.1, 0.15) is 11.6 Å². The molecule has 0 amide bonds. The topological polar surface area (TPSA) is 54.5 Å². The van der Waals surface area contributed by atoms with E-state index in [0.29, 0.717) is 6.42 Å². The molecule has 3 rings (SSSR count). The second-order valence-electron chi connectivity index (χ2n) is 8.49. The summed E-state index contributed by atoms with van der Waals surface area (Å²) >= 11 is 0.